The van der Waals surface area contributed by atoms with Crippen LogP contribution in [0.5, 0.6) is 0 Å². The number of nitrogens with zero attached hydrogens (tertiary/aromatic N) is 5. The van der Waals surface area contributed by atoms with Crippen LogP contribution in [-0.4, -0.2) is 64.7 Å². The molecule has 4 atom stereocenters. The Bertz CT molecular complexity index is 870. The molecule has 1 aliphatic heterocycles. The van der Waals surface area contributed by atoms with Crippen LogP contribution in [-0.2, 0) is 4.74 Å². The number of anilines is 2. The van der Waals surface area contributed by atoms with Crippen molar-refractivity contribution in [3.8, 4) is 0 Å². The van der Waals surface area contributed by atoms with Crippen molar-refractivity contribution >= 4 is 33.7 Å². The van der Waals surface area contributed by atoms with Crippen molar-refractivity contribution in [2.75, 3.05) is 18.1 Å². The van der Waals surface area contributed by atoms with Crippen molar-refractivity contribution in [1.82, 2.24) is 24.5 Å². The molecule has 0 aliphatic carbocycles. The average molecular weight is 333 g/mol. The normalized spacial score (nSPS) is 27.3. The molecular formula is C13H15N7O4. The average Bonchev–Trinajstić information content (AvgIpc) is 3.05. The van der Waals surface area contributed by atoms with E-state index in [1.807, 2.05) is 0 Å². The monoisotopic (exact) mass is 333 g/mol. The zero-order valence-corrected chi connectivity index (χ0v) is 12.3. The molecule has 0 aromatic carbocycles. The Hall–Kier alpha value is -2.60. The van der Waals surface area contributed by atoms with Gasteiger partial charge in [-0.05, 0) is 0 Å². The van der Waals surface area contributed by atoms with Crippen LogP contribution >= 0.6 is 0 Å². The van der Waals surface area contributed by atoms with Crippen molar-refractivity contribution in [1.29, 1.82) is 0 Å². The summed E-state index contributed by atoms with van der Waals surface area (Å²) in [6.07, 6.45) is -1.99. The lowest BCUT2D eigenvalue weighted by Crippen LogP contribution is -2.33. The molecule has 0 spiro atoms. The standard InChI is InChI=1S/C13H15N7O4/c14-9-5-6-10(15)17-3-19-12(6)20(11(5)18-2-16-9)13-8(23)7(22)4(1-21)24-13/h2-4,7-8,13,21-23H,1H2,(H2,14,16,18)(H2,15,17,19)/t4-,7-,8-,13-/m1/s1. The highest BCUT2D eigenvalue weighted by Crippen LogP contribution is 2.38. The summed E-state index contributed by atoms with van der Waals surface area (Å²) >= 11 is 0. The van der Waals surface area contributed by atoms with E-state index in [1.54, 1.807) is 0 Å². The lowest BCUT2D eigenvalue weighted by atomic mass is 10.1. The Morgan fingerprint density at radius 3 is 1.96 bits per heavy atom. The first-order valence-corrected chi connectivity index (χ1v) is 7.17. The van der Waals surface area contributed by atoms with Gasteiger partial charge in [-0.1, -0.05) is 0 Å². The van der Waals surface area contributed by atoms with Gasteiger partial charge in [0.2, 0.25) is 0 Å². The second kappa shape index (κ2) is 5.21. The summed E-state index contributed by atoms with van der Waals surface area (Å²) in [6.45, 7) is -0.444. The van der Waals surface area contributed by atoms with E-state index in [2.05, 4.69) is 19.9 Å². The van der Waals surface area contributed by atoms with Crippen molar-refractivity contribution in [3.05, 3.63) is 12.7 Å². The molecule has 126 valence electrons. The second-order valence-electron chi connectivity index (χ2n) is 5.51. The zero-order chi connectivity index (χ0) is 17.0. The Kier molecular flexibility index (Phi) is 3.25. The first-order valence-electron chi connectivity index (χ1n) is 7.17. The smallest absolute Gasteiger partial charge is 0.166 e. The number of hydrogen-bond donors (Lipinski definition) is 5. The maximum Gasteiger partial charge on any atom is 0.166 e. The third-order valence-electron chi connectivity index (χ3n) is 4.19. The molecule has 4 heterocycles. The second-order valence-corrected chi connectivity index (χ2v) is 5.51. The molecule has 0 radical (unpaired) electrons. The van der Waals surface area contributed by atoms with Crippen LogP contribution in [0.15, 0.2) is 12.7 Å². The molecule has 24 heavy (non-hydrogen) atoms. The van der Waals surface area contributed by atoms with E-state index in [4.69, 9.17) is 16.2 Å². The summed E-state index contributed by atoms with van der Waals surface area (Å²) in [5.41, 5.74) is 12.6. The Balaban J connectivity index is 2.05. The summed E-state index contributed by atoms with van der Waals surface area (Å²) in [4.78, 5) is 16.3. The molecule has 11 nitrogen and oxygen atoms in total. The van der Waals surface area contributed by atoms with Gasteiger partial charge in [-0.25, -0.2) is 19.9 Å². The minimum Gasteiger partial charge on any atom is -0.394 e. The van der Waals surface area contributed by atoms with Gasteiger partial charge in [-0.3, -0.25) is 4.57 Å². The molecule has 0 unspecified atom stereocenters. The molecule has 7 N–H and O–H groups in total. The van der Waals surface area contributed by atoms with Crippen LogP contribution in [0, 0.1) is 0 Å². The SMILES string of the molecule is Nc1ncnc2c1c1c(N)ncnc1n2[C@@H]1O[C@H](CO)[C@@H](O)[C@H]1O. The first-order chi connectivity index (χ1) is 11.5. The van der Waals surface area contributed by atoms with Gasteiger partial charge in [0.15, 0.2) is 6.23 Å². The van der Waals surface area contributed by atoms with E-state index in [0.717, 1.165) is 0 Å². The van der Waals surface area contributed by atoms with Gasteiger partial charge in [0.1, 0.15) is 53.9 Å². The van der Waals surface area contributed by atoms with Crippen molar-refractivity contribution in [3.63, 3.8) is 0 Å². The molecule has 11 heteroatoms. The number of aliphatic hydroxyl groups excluding tert-OH is 3. The van der Waals surface area contributed by atoms with Crippen LogP contribution in [0.3, 0.4) is 0 Å². The Labute approximate surface area is 134 Å². The van der Waals surface area contributed by atoms with Gasteiger partial charge in [0, 0.05) is 0 Å². The van der Waals surface area contributed by atoms with Crippen LogP contribution in [0.1, 0.15) is 6.23 Å². The molecule has 3 aromatic heterocycles. The van der Waals surface area contributed by atoms with Crippen LogP contribution in [0.25, 0.3) is 22.1 Å². The van der Waals surface area contributed by atoms with E-state index in [1.165, 1.54) is 17.2 Å². The number of nitrogen functional groups attached to an aromatic ring is 2. The van der Waals surface area contributed by atoms with E-state index in [-0.39, 0.29) is 11.6 Å². The van der Waals surface area contributed by atoms with Crippen LogP contribution < -0.4 is 11.5 Å². The van der Waals surface area contributed by atoms with E-state index in [9.17, 15) is 15.3 Å². The topological polar surface area (TPSA) is 178 Å². The molecule has 3 aromatic rings. The van der Waals surface area contributed by atoms with Gasteiger partial charge in [0.25, 0.3) is 0 Å². The van der Waals surface area contributed by atoms with Crippen LogP contribution in [0.2, 0.25) is 0 Å². The third-order valence-corrected chi connectivity index (χ3v) is 4.19. The van der Waals surface area contributed by atoms with Crippen molar-refractivity contribution in [2.45, 2.75) is 24.5 Å². The van der Waals surface area contributed by atoms with Crippen LogP contribution in [0.4, 0.5) is 11.6 Å². The quantitative estimate of drug-likeness (QED) is 0.357. The molecule has 1 saturated heterocycles. The maximum atomic E-state index is 10.3. The largest absolute Gasteiger partial charge is 0.394 e. The fourth-order valence-electron chi connectivity index (χ4n) is 3.06. The molecule has 0 bridgehead atoms. The van der Waals surface area contributed by atoms with Crippen molar-refractivity contribution in [2.24, 2.45) is 0 Å². The Morgan fingerprint density at radius 1 is 0.958 bits per heavy atom. The molecule has 4 rings (SSSR count). The van der Waals surface area contributed by atoms with Gasteiger partial charge in [-0.15, -0.1) is 0 Å². The number of aromatic nitrogens is 5. The lowest BCUT2D eigenvalue weighted by molar-refractivity contribution is -0.0492. The summed E-state index contributed by atoms with van der Waals surface area (Å²) in [5, 5.41) is 30.5. The summed E-state index contributed by atoms with van der Waals surface area (Å²) in [5.74, 6) is 0.356. The van der Waals surface area contributed by atoms with Gasteiger partial charge in [0.05, 0.1) is 17.4 Å². The summed E-state index contributed by atoms with van der Waals surface area (Å²) in [6, 6.07) is 0. The number of rotatable bonds is 2. The highest BCUT2D eigenvalue weighted by atomic mass is 16.6. The summed E-state index contributed by atoms with van der Waals surface area (Å²) < 4.78 is 7.06. The van der Waals surface area contributed by atoms with Crippen molar-refractivity contribution < 1.29 is 20.1 Å². The number of nitrogens with two attached hydrogens (primary N) is 2. The fraction of sp³-hybridized carbons (Fsp3) is 0.385. The predicted molar refractivity (Wildman–Crippen MR) is 82.5 cm³/mol. The fourth-order valence-corrected chi connectivity index (χ4v) is 3.06. The number of hydrogen-bond acceptors (Lipinski definition) is 10. The molecule has 1 aliphatic rings. The lowest BCUT2D eigenvalue weighted by Gasteiger charge is -2.18. The number of ether oxygens (including phenoxy) is 1. The third kappa shape index (κ3) is 1.86. The van der Waals surface area contributed by atoms with Gasteiger partial charge < -0.3 is 31.5 Å². The zero-order valence-electron chi connectivity index (χ0n) is 12.3. The highest BCUT2D eigenvalue weighted by Gasteiger charge is 2.45. The molecule has 1 fully saturated rings. The van der Waals surface area contributed by atoms with Gasteiger partial charge >= 0.3 is 0 Å². The van der Waals surface area contributed by atoms with E-state index in [0.29, 0.717) is 22.1 Å². The minimum atomic E-state index is -1.30. The first kappa shape index (κ1) is 15.0. The molecule has 0 amide bonds. The predicted octanol–water partition coefficient (Wildman–Crippen LogP) is -1.85. The summed E-state index contributed by atoms with van der Waals surface area (Å²) in [7, 11) is 0. The number of aliphatic hydroxyl groups is 3. The highest BCUT2D eigenvalue weighted by molar-refractivity contribution is 6.14. The maximum absolute atomic E-state index is 10.3. The van der Waals surface area contributed by atoms with Gasteiger partial charge in [-0.2, -0.15) is 0 Å². The van der Waals surface area contributed by atoms with E-state index >= 15 is 0 Å². The number of fused-ring (bicyclic) bond motifs is 3. The molecular weight excluding hydrogens is 318 g/mol. The minimum absolute atomic E-state index is 0.178. The molecule has 0 saturated carbocycles. The Morgan fingerprint density at radius 2 is 1.50 bits per heavy atom. The van der Waals surface area contributed by atoms with E-state index < -0.39 is 31.1 Å².